The number of hydrogen-bond donors (Lipinski definition) is 4. The number of aromatic amines is 2. The number of fused-ring (bicyclic) bond motifs is 4. The Bertz CT molecular complexity index is 6230. The first-order chi connectivity index (χ1) is 60.8. The highest BCUT2D eigenvalue weighted by molar-refractivity contribution is 7.90. The molecule has 29 nitrogen and oxygen atoms in total. The molecule has 33 heteroatoms. The average molecular weight is 1800 g/mol. The maximum Gasteiger partial charge on any atom is 0.277 e. The number of hydrogen-bond acceptors (Lipinski definition) is 22. The van der Waals surface area contributed by atoms with Gasteiger partial charge >= 0.3 is 0 Å². The van der Waals surface area contributed by atoms with Crippen LogP contribution < -0.4 is 38.2 Å². The van der Waals surface area contributed by atoms with Crippen molar-refractivity contribution < 1.29 is 60.0 Å². The molecule has 10 aromatic rings. The van der Waals surface area contributed by atoms with Crippen LogP contribution in [0.3, 0.4) is 0 Å². The predicted octanol–water partition coefficient (Wildman–Crippen LogP) is 16.5. The zero-order valence-corrected chi connectivity index (χ0v) is 74.6. The van der Waals surface area contributed by atoms with E-state index >= 15 is 0 Å². The SMILES string of the molecule is CC1(C)CCC(CN2CCN(c3ccc(C(=O)NS(=O)(=O)c4cc5c(c([N+](=O)[O-])c4)C[C@@H](CN4CCN(C(=O)C6CC6)CC4)CO5)c(Oc4cnc5[nH]ccc5c4)c3)CC2)=C(c2ccc(Cl)cc2)C1.C[C@@H]1CCc2c(cc(S(=O)(=O)NC(=O)c3ccc(N4CCN(CC5=C(c6ccc(Cl)cc6)CC(C)(C)CC5)CC4)cc3Oc3cnc4[nH]ccc4c3)cc2[N+](=O)[O-])O1. The Morgan fingerprint density at radius 3 is 1.47 bits per heavy atom. The lowest BCUT2D eigenvalue weighted by atomic mass is 9.72. The Balaban J connectivity index is 0.000000182. The summed E-state index contributed by atoms with van der Waals surface area (Å²) in [5, 5.41) is 27.5. The zero-order chi connectivity index (χ0) is 88.8. The van der Waals surface area contributed by atoms with Crippen LogP contribution in [-0.4, -0.2) is 195 Å². The quantitative estimate of drug-likeness (QED) is 0.0341. The van der Waals surface area contributed by atoms with Crippen molar-refractivity contribution in [2.45, 2.75) is 121 Å². The number of sulfonamides is 2. The van der Waals surface area contributed by atoms with Gasteiger partial charge in [-0.25, -0.2) is 36.2 Å². The Morgan fingerprint density at radius 1 is 0.551 bits per heavy atom. The lowest BCUT2D eigenvalue weighted by Crippen LogP contribution is -2.50. The smallest absolute Gasteiger partial charge is 0.277 e. The van der Waals surface area contributed by atoms with Crippen molar-refractivity contribution in [3.05, 3.63) is 233 Å². The molecule has 4 aromatic heterocycles. The topological polar surface area (TPSA) is 344 Å². The van der Waals surface area contributed by atoms with Gasteiger partial charge in [-0.2, -0.15) is 0 Å². The largest absolute Gasteiger partial charge is 0.493 e. The third kappa shape index (κ3) is 20.3. The summed E-state index contributed by atoms with van der Waals surface area (Å²) in [6, 6.07) is 38.1. The van der Waals surface area contributed by atoms with E-state index in [0.717, 1.165) is 148 Å². The van der Waals surface area contributed by atoms with E-state index in [1.807, 2.05) is 41.3 Å². The van der Waals surface area contributed by atoms with Crippen molar-refractivity contribution in [3.8, 4) is 34.5 Å². The fraction of sp³-hybridized carbons (Fsp3) is 0.394. The van der Waals surface area contributed by atoms with Gasteiger partial charge in [0, 0.05) is 191 Å². The van der Waals surface area contributed by atoms with E-state index in [2.05, 4.69) is 106 Å². The number of allylic oxidation sites excluding steroid dienone is 2. The first kappa shape index (κ1) is 87.6. The molecule has 4 fully saturated rings. The van der Waals surface area contributed by atoms with Gasteiger partial charge in [0.05, 0.1) is 67.0 Å². The number of nitro groups is 2. The highest BCUT2D eigenvalue weighted by Gasteiger charge is 2.40. The van der Waals surface area contributed by atoms with Crippen LogP contribution in [0.25, 0.3) is 33.2 Å². The van der Waals surface area contributed by atoms with Crippen molar-refractivity contribution in [2.24, 2.45) is 22.7 Å². The molecule has 6 aromatic carbocycles. The Morgan fingerprint density at radius 2 is 1.01 bits per heavy atom. The van der Waals surface area contributed by atoms with Crippen LogP contribution in [0.15, 0.2) is 179 Å². The Hall–Kier alpha value is -11.5. The third-order valence-corrected chi connectivity index (χ3v) is 28.8. The normalized spacial score (nSPS) is 19.3. The molecule has 3 aliphatic carbocycles. The number of H-pyrrole nitrogens is 2. The molecular formula is C94H102Cl2N14O15S2. The van der Waals surface area contributed by atoms with E-state index in [4.69, 9.17) is 42.1 Å². The van der Waals surface area contributed by atoms with E-state index in [0.29, 0.717) is 99.0 Å². The number of benzene rings is 6. The minimum atomic E-state index is -4.66. The van der Waals surface area contributed by atoms with Crippen molar-refractivity contribution in [1.29, 1.82) is 0 Å². The number of carbonyl (C=O) groups excluding carboxylic acids is 3. The number of aromatic nitrogens is 4. The number of amides is 3. The number of halogens is 2. The molecule has 2 atom stereocenters. The summed E-state index contributed by atoms with van der Waals surface area (Å²) in [4.78, 5) is 91.4. The molecular weight excluding hydrogens is 1700 g/mol. The summed E-state index contributed by atoms with van der Waals surface area (Å²) in [7, 11) is -9.25. The van der Waals surface area contributed by atoms with Crippen molar-refractivity contribution >= 4 is 117 Å². The second kappa shape index (κ2) is 36.4. The second-order valence-corrected chi connectivity index (χ2v) is 40.3. The number of ether oxygens (including phenoxy) is 4. The summed E-state index contributed by atoms with van der Waals surface area (Å²) >= 11 is 12.5. The average Bonchev–Trinajstić information content (AvgIpc) is 1.77. The first-order valence-corrected chi connectivity index (χ1v) is 47.0. The van der Waals surface area contributed by atoms with Gasteiger partial charge in [0.1, 0.15) is 45.8 Å². The van der Waals surface area contributed by atoms with E-state index in [-0.39, 0.29) is 81.1 Å². The summed E-state index contributed by atoms with van der Waals surface area (Å²) in [5.41, 5.74) is 11.3. The van der Waals surface area contributed by atoms with Crippen LogP contribution in [0.5, 0.6) is 34.5 Å². The van der Waals surface area contributed by atoms with E-state index < -0.39 is 57.2 Å². The third-order valence-electron chi connectivity index (χ3n) is 25.7. The molecule has 0 spiro atoms. The van der Waals surface area contributed by atoms with Gasteiger partial charge in [-0.15, -0.1) is 0 Å². The second-order valence-electron chi connectivity index (χ2n) is 36.1. The maximum atomic E-state index is 14.1. The molecule has 3 saturated heterocycles. The van der Waals surface area contributed by atoms with Crippen LogP contribution in [-0.2, 0) is 37.7 Å². The van der Waals surface area contributed by atoms with Gasteiger partial charge in [-0.3, -0.25) is 49.3 Å². The highest BCUT2D eigenvalue weighted by Crippen LogP contribution is 2.47. The van der Waals surface area contributed by atoms with Gasteiger partial charge in [0.15, 0.2) is 0 Å². The van der Waals surface area contributed by atoms with Gasteiger partial charge in [0.25, 0.3) is 43.2 Å². The summed E-state index contributed by atoms with van der Waals surface area (Å²) < 4.78 is 84.2. The Kier molecular flexibility index (Phi) is 25.1. The fourth-order valence-electron chi connectivity index (χ4n) is 18.4. The van der Waals surface area contributed by atoms with Crippen molar-refractivity contribution in [2.75, 3.05) is 115 Å². The Labute approximate surface area is 747 Å². The van der Waals surface area contributed by atoms with Gasteiger partial charge in [-0.05, 0) is 183 Å². The minimum absolute atomic E-state index is 0.0423. The minimum Gasteiger partial charge on any atom is -0.493 e. The predicted molar refractivity (Wildman–Crippen MR) is 487 cm³/mol. The molecule has 664 valence electrons. The zero-order valence-electron chi connectivity index (χ0n) is 71.5. The summed E-state index contributed by atoms with van der Waals surface area (Å²) in [6.07, 6.45) is 15.8. The number of pyridine rings is 2. The fourth-order valence-corrected chi connectivity index (χ4v) is 20.6. The number of nitrogens with one attached hydrogen (secondary N) is 4. The lowest BCUT2D eigenvalue weighted by molar-refractivity contribution is -0.386. The van der Waals surface area contributed by atoms with Crippen LogP contribution in [0.1, 0.15) is 135 Å². The van der Waals surface area contributed by atoms with Gasteiger partial charge in [-0.1, -0.05) is 86.3 Å². The molecule has 9 heterocycles. The standard InChI is InChI=1S/C51H57ClN8O8S.C43H45ClN6O7S/c1-51(2)13-11-37(44(28-51)34-5-7-38(52)8-6-34)31-57-15-19-58(20-16-57)39-9-10-42(47(25-39)68-40-24-36-12-14-53-48(36)54-29-40)49(61)55-69(65,66)41-26-45(60(63)64)43-23-33(32-67-46(43)27-41)30-56-17-21-59(22-18-56)50(62)35-3-4-35;1-27-4-10-35-38(50(52)53)22-34(23-40(35)56-27)58(54,55)47-42(51)36-11-9-32(21-39(36)57-33-20-29-13-15-45-41(29)46-25-33)49-18-16-48(17-19-49)26-30-12-14-43(2,3)24-37(30)28-5-7-31(44)8-6-28/h5-10,12,14,24-27,29,33,35H,3-4,11,13,15-23,28,30-32H2,1-2H3,(H,53,54)(H,55,61);5-9,11,13,15,20-23,25,27H,4,10,12,14,16-19,24,26H2,1-3H3,(H,45,46)(H,47,51)/t33-;27-/m01/s1. The number of piperazine rings is 3. The summed E-state index contributed by atoms with van der Waals surface area (Å²) in [6.45, 7) is 22.6. The van der Waals surface area contributed by atoms with E-state index in [1.165, 1.54) is 64.0 Å². The number of rotatable bonds is 23. The molecule has 3 amide bonds. The van der Waals surface area contributed by atoms with Crippen LogP contribution in [0.4, 0.5) is 22.7 Å². The molecule has 5 aliphatic heterocycles. The molecule has 127 heavy (non-hydrogen) atoms. The number of nitro benzene ring substituents is 2. The van der Waals surface area contributed by atoms with Crippen LogP contribution in [0.2, 0.25) is 10.0 Å². The van der Waals surface area contributed by atoms with E-state index in [1.54, 1.807) is 61.8 Å². The molecule has 18 rings (SSSR count). The van der Waals surface area contributed by atoms with Gasteiger partial charge in [0.2, 0.25) is 5.91 Å². The first-order valence-electron chi connectivity index (χ1n) is 43.3. The van der Waals surface area contributed by atoms with Crippen LogP contribution in [0, 0.1) is 42.9 Å². The molecule has 1 saturated carbocycles. The number of nitrogens with zero attached hydrogens (tertiary/aromatic N) is 10. The molecule has 0 radical (unpaired) electrons. The van der Waals surface area contributed by atoms with Crippen LogP contribution >= 0.6 is 23.2 Å². The molecule has 0 unspecified atom stereocenters. The van der Waals surface area contributed by atoms with Crippen molar-refractivity contribution in [3.63, 3.8) is 0 Å². The monoisotopic (exact) mass is 1800 g/mol. The van der Waals surface area contributed by atoms with Gasteiger partial charge < -0.3 is 43.6 Å². The van der Waals surface area contributed by atoms with Crippen molar-refractivity contribution in [1.82, 2.24) is 49.0 Å². The summed E-state index contributed by atoms with van der Waals surface area (Å²) in [5.74, 6) is -0.472. The molecule has 0 bridgehead atoms. The molecule has 8 aliphatic rings. The highest BCUT2D eigenvalue weighted by atomic mass is 35.5. The van der Waals surface area contributed by atoms with E-state index in [9.17, 15) is 51.4 Å². The number of anilines is 2. The number of carbonyl (C=O) groups is 3. The molecule has 4 N–H and O–H groups in total. The maximum absolute atomic E-state index is 14.1. The lowest BCUT2D eigenvalue weighted by Gasteiger charge is -2.39.